The second kappa shape index (κ2) is 7.47. The van der Waals surface area contributed by atoms with E-state index in [0.717, 1.165) is 25.2 Å². The number of carbonyl (C=O) groups excluding carboxylic acids is 1. The number of ether oxygens (including phenoxy) is 1. The van der Waals surface area contributed by atoms with Crippen LogP contribution in [-0.4, -0.2) is 37.2 Å². The molecule has 2 unspecified atom stereocenters. The van der Waals surface area contributed by atoms with E-state index in [0.29, 0.717) is 6.54 Å². The molecule has 0 aliphatic carbocycles. The Morgan fingerprint density at radius 2 is 1.93 bits per heavy atom. The molecule has 0 spiro atoms. The molecule has 2 aliphatic heterocycles. The Bertz CT molecular complexity index is 845. The van der Waals surface area contributed by atoms with Gasteiger partial charge in [-0.15, -0.1) is 0 Å². The highest BCUT2D eigenvalue weighted by Gasteiger charge is 2.35. The van der Waals surface area contributed by atoms with Crippen LogP contribution in [0.2, 0.25) is 0 Å². The van der Waals surface area contributed by atoms with E-state index in [1.807, 2.05) is 20.8 Å². The summed E-state index contributed by atoms with van der Waals surface area (Å²) in [5, 5.41) is 7.13. The number of nitrogens with zero attached hydrogens (tertiary/aromatic N) is 1. The lowest BCUT2D eigenvalue weighted by Crippen LogP contribution is -2.49. The van der Waals surface area contributed by atoms with Gasteiger partial charge < -0.3 is 20.3 Å². The van der Waals surface area contributed by atoms with E-state index >= 15 is 0 Å². The summed E-state index contributed by atoms with van der Waals surface area (Å²) >= 11 is 0. The molecule has 2 heterocycles. The molecular formula is C23H29N3O2. The van der Waals surface area contributed by atoms with Gasteiger partial charge in [0.15, 0.2) is 0 Å². The molecule has 2 N–H and O–H groups in total. The fourth-order valence-electron chi connectivity index (χ4n) is 4.08. The highest BCUT2D eigenvalue weighted by atomic mass is 16.6. The maximum atomic E-state index is 12.7. The first kappa shape index (κ1) is 18.8. The number of esters is 1. The van der Waals surface area contributed by atoms with Gasteiger partial charge in [0.25, 0.3) is 0 Å². The van der Waals surface area contributed by atoms with Crippen molar-refractivity contribution in [2.75, 3.05) is 29.9 Å². The second-order valence-corrected chi connectivity index (χ2v) is 8.62. The third-order valence-electron chi connectivity index (χ3n) is 5.24. The quantitative estimate of drug-likeness (QED) is 0.800. The van der Waals surface area contributed by atoms with Gasteiger partial charge in [0, 0.05) is 25.7 Å². The molecule has 0 radical (unpaired) electrons. The number of anilines is 2. The van der Waals surface area contributed by atoms with Crippen molar-refractivity contribution in [2.24, 2.45) is 0 Å². The van der Waals surface area contributed by atoms with Crippen molar-refractivity contribution in [3.63, 3.8) is 0 Å². The summed E-state index contributed by atoms with van der Waals surface area (Å²) in [6.07, 6.45) is 0.945. The van der Waals surface area contributed by atoms with E-state index in [-0.39, 0.29) is 18.1 Å². The van der Waals surface area contributed by atoms with Crippen molar-refractivity contribution in [3.8, 4) is 0 Å². The van der Waals surface area contributed by atoms with Crippen LogP contribution in [0.3, 0.4) is 0 Å². The molecule has 28 heavy (non-hydrogen) atoms. The normalized spacial score (nSPS) is 21.3. The lowest BCUT2D eigenvalue weighted by Gasteiger charge is -2.37. The Labute approximate surface area is 167 Å². The van der Waals surface area contributed by atoms with Crippen LogP contribution in [0.5, 0.6) is 0 Å². The molecule has 5 heteroatoms. The first-order chi connectivity index (χ1) is 13.4. The van der Waals surface area contributed by atoms with Crippen LogP contribution in [0.15, 0.2) is 48.5 Å². The van der Waals surface area contributed by atoms with Crippen molar-refractivity contribution < 1.29 is 9.53 Å². The summed E-state index contributed by atoms with van der Waals surface area (Å²) in [7, 11) is 0. The van der Waals surface area contributed by atoms with Crippen molar-refractivity contribution in [1.82, 2.24) is 5.32 Å². The molecule has 2 aliphatic rings. The largest absolute Gasteiger partial charge is 0.458 e. The fraction of sp³-hybridized carbons (Fsp3) is 0.435. The van der Waals surface area contributed by atoms with Gasteiger partial charge in [-0.1, -0.05) is 42.5 Å². The Morgan fingerprint density at radius 1 is 1.14 bits per heavy atom. The van der Waals surface area contributed by atoms with Crippen molar-refractivity contribution in [2.45, 2.75) is 44.9 Å². The standard InChI is InChI=1S/C23H29N3O2/c1-23(2,3)28-22(27)20-15-26-13-12-24-19(14-16-8-5-4-6-9-16)17-10-7-11-18(25-20)21(17)26/h4-11,19-20,24-25H,12-15H2,1-3H3. The number of nitrogens with one attached hydrogen (secondary N) is 2. The zero-order valence-corrected chi connectivity index (χ0v) is 16.9. The Balaban J connectivity index is 1.62. The van der Waals surface area contributed by atoms with Gasteiger partial charge in [0.1, 0.15) is 11.6 Å². The summed E-state index contributed by atoms with van der Waals surface area (Å²) in [6.45, 7) is 8.10. The molecule has 2 aromatic carbocycles. The predicted molar refractivity (Wildman–Crippen MR) is 113 cm³/mol. The average Bonchev–Trinajstić information content (AvgIpc) is 2.82. The van der Waals surface area contributed by atoms with E-state index in [2.05, 4.69) is 64.1 Å². The number of para-hydroxylation sites is 1. The molecule has 2 aromatic rings. The van der Waals surface area contributed by atoms with E-state index in [9.17, 15) is 4.79 Å². The second-order valence-electron chi connectivity index (χ2n) is 8.62. The lowest BCUT2D eigenvalue weighted by atomic mass is 9.95. The van der Waals surface area contributed by atoms with Crippen molar-refractivity contribution >= 4 is 17.3 Å². The van der Waals surface area contributed by atoms with Gasteiger partial charge in [-0.3, -0.25) is 0 Å². The van der Waals surface area contributed by atoms with E-state index in [4.69, 9.17) is 4.74 Å². The summed E-state index contributed by atoms with van der Waals surface area (Å²) in [5.74, 6) is -0.193. The van der Waals surface area contributed by atoms with Gasteiger partial charge >= 0.3 is 5.97 Å². The van der Waals surface area contributed by atoms with E-state index in [1.54, 1.807) is 0 Å². The number of hydrogen-bond donors (Lipinski definition) is 2. The molecule has 5 nitrogen and oxygen atoms in total. The summed E-state index contributed by atoms with van der Waals surface area (Å²) < 4.78 is 5.62. The number of benzene rings is 2. The summed E-state index contributed by atoms with van der Waals surface area (Å²) in [6, 6.07) is 16.8. The minimum absolute atomic E-state index is 0.193. The monoisotopic (exact) mass is 379 g/mol. The van der Waals surface area contributed by atoms with E-state index in [1.165, 1.54) is 16.8 Å². The Morgan fingerprint density at radius 3 is 2.68 bits per heavy atom. The maximum absolute atomic E-state index is 12.7. The first-order valence-corrected chi connectivity index (χ1v) is 10.1. The Kier molecular flexibility index (Phi) is 5.02. The molecule has 0 fully saturated rings. The molecule has 4 rings (SSSR count). The van der Waals surface area contributed by atoms with Crippen molar-refractivity contribution in [3.05, 3.63) is 59.7 Å². The average molecular weight is 380 g/mol. The van der Waals surface area contributed by atoms with Gasteiger partial charge in [-0.05, 0) is 44.4 Å². The highest BCUT2D eigenvalue weighted by Crippen LogP contribution is 2.39. The molecular weight excluding hydrogens is 350 g/mol. The van der Waals surface area contributed by atoms with Gasteiger partial charge in [-0.2, -0.15) is 0 Å². The number of carbonyl (C=O) groups is 1. The van der Waals surface area contributed by atoms with Gasteiger partial charge in [0.05, 0.1) is 11.4 Å². The smallest absolute Gasteiger partial charge is 0.330 e. The van der Waals surface area contributed by atoms with Crippen LogP contribution >= 0.6 is 0 Å². The minimum Gasteiger partial charge on any atom is -0.458 e. The first-order valence-electron chi connectivity index (χ1n) is 10.1. The minimum atomic E-state index is -0.484. The molecule has 148 valence electrons. The van der Waals surface area contributed by atoms with Crippen LogP contribution in [-0.2, 0) is 16.0 Å². The lowest BCUT2D eigenvalue weighted by molar-refractivity contribution is -0.155. The fourth-order valence-corrected chi connectivity index (χ4v) is 4.08. The van der Waals surface area contributed by atoms with Crippen molar-refractivity contribution in [1.29, 1.82) is 0 Å². The number of hydrogen-bond acceptors (Lipinski definition) is 5. The Hall–Kier alpha value is -2.53. The van der Waals surface area contributed by atoms with Gasteiger partial charge in [-0.25, -0.2) is 4.79 Å². The zero-order chi connectivity index (χ0) is 19.7. The van der Waals surface area contributed by atoms with Crippen LogP contribution in [0, 0.1) is 0 Å². The molecule has 2 atom stereocenters. The van der Waals surface area contributed by atoms with Crippen LogP contribution < -0.4 is 15.5 Å². The molecule has 0 bridgehead atoms. The van der Waals surface area contributed by atoms with E-state index < -0.39 is 5.60 Å². The summed E-state index contributed by atoms with van der Waals surface area (Å²) in [5.41, 5.74) is 4.35. The van der Waals surface area contributed by atoms with Crippen LogP contribution in [0.25, 0.3) is 0 Å². The molecule has 0 aromatic heterocycles. The SMILES string of the molecule is CC(C)(C)OC(=O)C1CN2CCNC(Cc3ccccc3)c3cccc(c32)N1. The molecule has 0 saturated heterocycles. The zero-order valence-electron chi connectivity index (χ0n) is 16.9. The van der Waals surface area contributed by atoms with Crippen LogP contribution in [0.4, 0.5) is 11.4 Å². The third-order valence-corrected chi connectivity index (χ3v) is 5.24. The topological polar surface area (TPSA) is 53.6 Å². The number of rotatable bonds is 3. The van der Waals surface area contributed by atoms with Crippen LogP contribution in [0.1, 0.15) is 37.9 Å². The third kappa shape index (κ3) is 3.99. The predicted octanol–water partition coefficient (Wildman–Crippen LogP) is 3.52. The highest BCUT2D eigenvalue weighted by molar-refractivity contribution is 5.87. The maximum Gasteiger partial charge on any atom is 0.330 e. The molecule has 0 amide bonds. The van der Waals surface area contributed by atoms with Gasteiger partial charge in [0.2, 0.25) is 0 Å². The molecule has 0 saturated carbocycles. The summed E-state index contributed by atoms with van der Waals surface area (Å²) in [4.78, 5) is 15.0.